The van der Waals surface area contributed by atoms with Gasteiger partial charge in [-0.1, -0.05) is 136 Å². The second-order valence-corrected chi connectivity index (χ2v) is 32.2. The van der Waals surface area contributed by atoms with E-state index in [9.17, 15) is 76.7 Å². The number of ether oxygens (including phenoxy) is 9. The van der Waals surface area contributed by atoms with Crippen LogP contribution in [0.25, 0.3) is 27.6 Å². The fourth-order valence-electron chi connectivity index (χ4n) is 13.9. The Morgan fingerprint density at radius 3 is 1.12 bits per heavy atom. The summed E-state index contributed by atoms with van der Waals surface area (Å²) in [5.74, 6) is -4.85. The molecule has 0 amide bonds. The number of methoxy groups -OCH3 is 6. The Morgan fingerprint density at radius 2 is 0.785 bits per heavy atom. The first-order chi connectivity index (χ1) is 61.8. The first-order valence-corrected chi connectivity index (χ1v) is 42.5. The number of aliphatic hydroxyl groups excluding tert-OH is 4. The lowest BCUT2D eigenvalue weighted by atomic mass is 9.96. The Labute approximate surface area is 770 Å². The molecular formula is C97H106Cl4F4N4O21. The third-order valence-electron chi connectivity index (χ3n) is 20.8. The fraction of sp³-hybridized carbons (Fsp3) is 0.340. The lowest BCUT2D eigenvalue weighted by Crippen LogP contribution is -2.26. The summed E-state index contributed by atoms with van der Waals surface area (Å²) >= 11 is 23.6. The van der Waals surface area contributed by atoms with Crippen molar-refractivity contribution in [2.24, 2.45) is 22.7 Å². The number of esters is 3. The van der Waals surface area contributed by atoms with Crippen molar-refractivity contribution in [3.8, 4) is 34.5 Å². The molecule has 0 saturated heterocycles. The van der Waals surface area contributed by atoms with Gasteiger partial charge >= 0.3 is 23.9 Å². The molecule has 0 aliphatic carbocycles. The van der Waals surface area contributed by atoms with Crippen LogP contribution >= 0.6 is 46.4 Å². The highest BCUT2D eigenvalue weighted by Gasteiger charge is 2.31. The van der Waals surface area contributed by atoms with Gasteiger partial charge in [-0.05, 0) is 132 Å². The monoisotopic (exact) mass is 1880 g/mol. The van der Waals surface area contributed by atoms with Crippen molar-refractivity contribution in [3.05, 3.63) is 282 Å². The normalized spacial score (nSPS) is 12.2. The maximum absolute atomic E-state index is 14.6. The average molecular weight is 1880 g/mol. The minimum atomic E-state index is -1.36. The lowest BCUT2D eigenvalue weighted by Gasteiger charge is -2.25. The molecule has 25 nitrogen and oxygen atoms in total. The molecule has 0 bridgehead atoms. The van der Waals surface area contributed by atoms with E-state index < -0.39 is 93.2 Å². The van der Waals surface area contributed by atoms with Crippen LogP contribution in [0.5, 0.6) is 34.5 Å². The van der Waals surface area contributed by atoms with E-state index in [1.165, 1.54) is 116 Å². The van der Waals surface area contributed by atoms with Gasteiger partial charge in [-0.2, -0.15) is 0 Å². The number of aliphatic imine (C=N–C) groups is 1. The predicted molar refractivity (Wildman–Crippen MR) is 493 cm³/mol. The van der Waals surface area contributed by atoms with E-state index in [0.29, 0.717) is 78.5 Å². The van der Waals surface area contributed by atoms with Gasteiger partial charge < -0.3 is 82.2 Å². The molecule has 0 saturated carbocycles. The van der Waals surface area contributed by atoms with Gasteiger partial charge in [0.2, 0.25) is 16.6 Å². The Morgan fingerprint density at radius 1 is 0.438 bits per heavy atom. The van der Waals surface area contributed by atoms with E-state index >= 15 is 0 Å². The minimum Gasteiger partial charge on any atom is -0.506 e. The van der Waals surface area contributed by atoms with Crippen molar-refractivity contribution in [1.29, 1.82) is 0 Å². The van der Waals surface area contributed by atoms with E-state index in [0.717, 1.165) is 0 Å². The highest BCUT2D eigenvalue weighted by atomic mass is 35.5. The number of carbonyl (C=O) groups excluding carboxylic acids is 4. The zero-order valence-electron chi connectivity index (χ0n) is 75.0. The van der Waals surface area contributed by atoms with Crippen LogP contribution in [0.2, 0.25) is 20.1 Å². The lowest BCUT2D eigenvalue weighted by molar-refractivity contribution is -0.138. The molecule has 130 heavy (non-hydrogen) atoms. The molecule has 10 rings (SSSR count). The zero-order valence-corrected chi connectivity index (χ0v) is 78.0. The van der Waals surface area contributed by atoms with Gasteiger partial charge in [0.05, 0.1) is 143 Å². The smallest absolute Gasteiger partial charge is 0.343 e. The number of carboxylic acid groups (broad SMARTS) is 1. The van der Waals surface area contributed by atoms with Crippen LogP contribution in [-0.4, -0.2) is 178 Å². The summed E-state index contributed by atoms with van der Waals surface area (Å²) in [4.78, 5) is 94.7. The number of rotatable bonds is 35. The first-order valence-electron chi connectivity index (χ1n) is 41.0. The van der Waals surface area contributed by atoms with Crippen LogP contribution in [0, 0.1) is 41.0 Å². The van der Waals surface area contributed by atoms with Gasteiger partial charge in [0, 0.05) is 99.6 Å². The summed E-state index contributed by atoms with van der Waals surface area (Å²) in [6.45, 7) is 16.0. The van der Waals surface area contributed by atoms with E-state index in [2.05, 4.69) is 4.99 Å². The van der Waals surface area contributed by atoms with Crippen molar-refractivity contribution >= 4 is 110 Å². The maximum Gasteiger partial charge on any atom is 0.343 e. The van der Waals surface area contributed by atoms with Gasteiger partial charge in [0.1, 0.15) is 85.8 Å². The molecule has 0 aliphatic rings. The summed E-state index contributed by atoms with van der Waals surface area (Å²) in [7, 11) is 12.0. The van der Waals surface area contributed by atoms with Crippen molar-refractivity contribution in [3.63, 3.8) is 0 Å². The SMILES string of the molecule is CCOC(=O)/C(=C\N(C)C)C(=O)c1cc(Cc2cccc(Cl)c2F)c(OC)cc1OC.CCOC(=O)C(C=N[C@H](CO)C(C)C)=C(O)c1cc(Cc2cccc(Cl)c2F)c(OC)cc1OC.CCOC(=O)c1cn([C@H](CO)C(C)C)c2cc(OC)c(Cc3cccc(Cl)c3F)cc2c1=O.COc1cc2c(cc1Cc1cccc(Cl)c1F)c(=O)c(C(=O)O)cn2[C@H](CO)C(C)C. The third-order valence-corrected chi connectivity index (χ3v) is 22.0. The second-order valence-electron chi connectivity index (χ2n) is 30.5. The zero-order chi connectivity index (χ0) is 96.4. The molecule has 0 aliphatic heterocycles. The minimum absolute atomic E-state index is 0.000193. The van der Waals surface area contributed by atoms with Crippen molar-refractivity contribution in [1.82, 2.24) is 14.0 Å². The van der Waals surface area contributed by atoms with Crippen LogP contribution in [0.3, 0.4) is 0 Å². The fourth-order valence-corrected chi connectivity index (χ4v) is 14.7. The summed E-state index contributed by atoms with van der Waals surface area (Å²) in [5, 5.41) is 50.6. The summed E-state index contributed by atoms with van der Waals surface area (Å²) in [5.41, 5.74) is 2.57. The molecule has 2 heterocycles. The van der Waals surface area contributed by atoms with Crippen LogP contribution in [0.15, 0.2) is 166 Å². The standard InChI is InChI=1S/C26H31ClFNO6.C25H27ClFNO5.C23H23ClFNO5.C23H25ClFNO5/c1-6-35-26(32)19(13-29-21(14-30)15(2)3)25(31)18-11-17(22(33-4)12-23(18)34-5)10-16-8-7-9-20(27)24(16)28;1-5-33-25(31)18-12-28(21(13-29)14(2)3)20-11-22(32-4)16(10-17(20)24(18)30)9-15-7-6-8-19(26)23(15)27;1-12(2)19(11-27)26-10-16(23(29)30)22(28)15-8-14(20(31-3)9-18(15)26)7-13-5-4-6-17(24)21(13)25;1-6-31-23(28)17(13-26(2)3)22(27)16-11-15(19(29-4)12-20(16)30-5)10-14-8-7-9-18(24)21(14)25/h7-9,11-13,15,21,30-31H,6,10,14H2,1-5H3;6-8,10-12,14,21,29H,5,9,13H2,1-4H3;4-6,8-10,12,19,27H,7,11H2,1-3H3,(H,29,30);7-9,11-13H,6,10H2,1-5H3/b;;;17-13-/t2*21-;19-;/m111./s1. The number of carboxylic acids is 1. The molecule has 3 atom stereocenters. The topological polar surface area (TPSA) is 329 Å². The van der Waals surface area contributed by atoms with Gasteiger partial charge in [-0.25, -0.2) is 36.7 Å². The van der Waals surface area contributed by atoms with Gasteiger partial charge in [0.25, 0.3) is 0 Å². The first kappa shape index (κ1) is 105. The molecule has 5 N–H and O–H groups in total. The Balaban J connectivity index is 0.000000237. The van der Waals surface area contributed by atoms with Gasteiger partial charge in [-0.15, -0.1) is 0 Å². The highest BCUT2D eigenvalue weighted by Crippen LogP contribution is 2.40. The molecule has 10 aromatic rings. The number of hydrogen-bond acceptors (Lipinski definition) is 22. The van der Waals surface area contributed by atoms with E-state index in [4.69, 9.17) is 89.0 Å². The molecule has 33 heteroatoms. The van der Waals surface area contributed by atoms with Crippen molar-refractivity contribution in [2.45, 2.75) is 106 Å². The number of aromatic nitrogens is 2. The number of nitrogens with zero attached hydrogens (tertiary/aromatic N) is 4. The summed E-state index contributed by atoms with van der Waals surface area (Å²) < 4.78 is 109. The number of halogens is 8. The van der Waals surface area contributed by atoms with E-state index in [1.54, 1.807) is 122 Å². The third kappa shape index (κ3) is 25.8. The molecule has 8 aromatic carbocycles. The molecule has 696 valence electrons. The second kappa shape index (κ2) is 49.2. The summed E-state index contributed by atoms with van der Waals surface area (Å²) in [6, 6.07) is 30.0. The molecule has 2 aromatic heterocycles. The van der Waals surface area contributed by atoms with Crippen LogP contribution in [0.1, 0.15) is 156 Å². The number of hydrogen-bond donors (Lipinski definition) is 5. The quantitative estimate of drug-likeness (QED) is 0.00283. The number of carbonyl (C=O) groups is 5. The number of fused-ring (bicyclic) bond motifs is 2. The van der Waals surface area contributed by atoms with Crippen molar-refractivity contribution < 1.29 is 110 Å². The van der Waals surface area contributed by atoms with Gasteiger partial charge in [-0.3, -0.25) is 19.4 Å². The number of benzene rings is 8. The Kier molecular flexibility index (Phi) is 39.7. The Bertz CT molecular complexity index is 5970. The Hall–Kier alpha value is -12.0. The number of aromatic carboxylic acids is 1. The molecule has 0 unspecified atom stereocenters. The maximum atomic E-state index is 14.6. The van der Waals surface area contributed by atoms with E-state index in [-0.39, 0.29) is 153 Å². The van der Waals surface area contributed by atoms with Gasteiger partial charge in [0.15, 0.2) is 0 Å². The van der Waals surface area contributed by atoms with E-state index in [1.807, 2.05) is 41.5 Å². The number of Topliss-reactive ketones (excluding diaryl/α,β-unsaturated/α-hetero) is 1. The number of aliphatic hydroxyl groups is 4. The summed E-state index contributed by atoms with van der Waals surface area (Å²) in [6.07, 6.45) is 5.70. The van der Waals surface area contributed by atoms with Crippen LogP contribution in [-0.2, 0) is 49.5 Å². The van der Waals surface area contributed by atoms with Crippen molar-refractivity contribution in [2.75, 3.05) is 96.4 Å². The molecule has 0 fully saturated rings. The predicted octanol–water partition coefficient (Wildman–Crippen LogP) is 18.3. The molecule has 0 spiro atoms. The highest BCUT2D eigenvalue weighted by molar-refractivity contribution is 6.32. The van der Waals surface area contributed by atoms with Crippen LogP contribution in [0.4, 0.5) is 17.6 Å². The van der Waals surface area contributed by atoms with Crippen LogP contribution < -0.4 is 39.3 Å². The average Bonchev–Trinajstić information content (AvgIpc) is 0.763. The number of pyridine rings is 2. The number of ketones is 1. The molecule has 0 radical (unpaired) electrons. The molecular weight excluding hydrogens is 1770 g/mol. The largest absolute Gasteiger partial charge is 0.506 e.